The lowest BCUT2D eigenvalue weighted by Gasteiger charge is -2.13. The second kappa shape index (κ2) is 6.76. The summed E-state index contributed by atoms with van der Waals surface area (Å²) < 4.78 is 9.88. The van der Waals surface area contributed by atoms with Gasteiger partial charge in [-0.15, -0.1) is 0 Å². The highest BCUT2D eigenvalue weighted by Gasteiger charge is 2.25. The van der Waals surface area contributed by atoms with Gasteiger partial charge in [-0.3, -0.25) is 4.79 Å². The van der Waals surface area contributed by atoms with E-state index in [2.05, 4.69) is 5.32 Å². The maximum absolute atomic E-state index is 11.0. The van der Waals surface area contributed by atoms with Crippen LogP contribution in [0.5, 0.6) is 0 Å². The number of esters is 1. The minimum Gasteiger partial charge on any atom is -0.466 e. The number of aliphatic hydroxyl groups excluding tert-OH is 1. The van der Waals surface area contributed by atoms with Gasteiger partial charge in [-0.25, -0.2) is 0 Å². The molecule has 1 saturated heterocycles. The Bertz CT molecular complexity index is 198. The molecule has 0 bridgehead atoms. The molecule has 1 aliphatic rings. The highest BCUT2D eigenvalue weighted by molar-refractivity contribution is 5.69. The quantitative estimate of drug-likeness (QED) is 0.471. The number of rotatable bonds is 6. The fraction of sp³-hybridized carbons (Fsp3) is 0.900. The van der Waals surface area contributed by atoms with Gasteiger partial charge in [-0.05, 0) is 19.9 Å². The van der Waals surface area contributed by atoms with E-state index >= 15 is 0 Å². The first-order valence-corrected chi connectivity index (χ1v) is 5.39. The minimum atomic E-state index is -0.424. The van der Waals surface area contributed by atoms with Crippen LogP contribution in [0, 0.1) is 0 Å². The summed E-state index contributed by atoms with van der Waals surface area (Å²) in [4.78, 5) is 11.0. The molecule has 0 radical (unpaired) electrons. The van der Waals surface area contributed by atoms with E-state index in [1.165, 1.54) is 0 Å². The van der Waals surface area contributed by atoms with Gasteiger partial charge in [0, 0.05) is 6.42 Å². The third-order valence-electron chi connectivity index (χ3n) is 2.32. The van der Waals surface area contributed by atoms with E-state index in [4.69, 9.17) is 9.47 Å². The first-order chi connectivity index (χ1) is 7.24. The van der Waals surface area contributed by atoms with Crippen LogP contribution in [0.2, 0.25) is 0 Å². The van der Waals surface area contributed by atoms with Gasteiger partial charge in [-0.2, -0.15) is 0 Å². The van der Waals surface area contributed by atoms with Gasteiger partial charge >= 0.3 is 5.97 Å². The van der Waals surface area contributed by atoms with Gasteiger partial charge in [0.1, 0.15) is 0 Å². The zero-order valence-electron chi connectivity index (χ0n) is 9.07. The van der Waals surface area contributed by atoms with Crippen molar-refractivity contribution in [3.63, 3.8) is 0 Å². The standard InChI is InChI=1S/C10H19NO4/c1-2-15-10(13)4-3-5-11-8-6-14-7-9(8)12/h8-9,11-12H,2-7H2,1H3. The van der Waals surface area contributed by atoms with E-state index in [9.17, 15) is 9.90 Å². The van der Waals surface area contributed by atoms with Crippen molar-refractivity contribution in [2.24, 2.45) is 0 Å². The predicted molar refractivity (Wildman–Crippen MR) is 54.5 cm³/mol. The summed E-state index contributed by atoms with van der Waals surface area (Å²) in [6, 6.07) is 0.00666. The van der Waals surface area contributed by atoms with E-state index < -0.39 is 6.10 Å². The largest absolute Gasteiger partial charge is 0.466 e. The molecule has 88 valence electrons. The molecule has 1 aliphatic heterocycles. The van der Waals surface area contributed by atoms with Crippen molar-refractivity contribution in [3.8, 4) is 0 Å². The highest BCUT2D eigenvalue weighted by Crippen LogP contribution is 2.04. The van der Waals surface area contributed by atoms with Gasteiger partial charge in [0.05, 0.1) is 32.0 Å². The van der Waals surface area contributed by atoms with Gasteiger partial charge in [0.2, 0.25) is 0 Å². The van der Waals surface area contributed by atoms with Gasteiger partial charge < -0.3 is 19.9 Å². The lowest BCUT2D eigenvalue weighted by molar-refractivity contribution is -0.143. The molecule has 2 atom stereocenters. The smallest absolute Gasteiger partial charge is 0.305 e. The van der Waals surface area contributed by atoms with Gasteiger partial charge in [0.25, 0.3) is 0 Å². The Morgan fingerprint density at radius 1 is 1.60 bits per heavy atom. The first kappa shape index (κ1) is 12.4. The van der Waals surface area contributed by atoms with Crippen LogP contribution in [0.4, 0.5) is 0 Å². The van der Waals surface area contributed by atoms with Crippen LogP contribution >= 0.6 is 0 Å². The van der Waals surface area contributed by atoms with Crippen molar-refractivity contribution < 1.29 is 19.4 Å². The summed E-state index contributed by atoms with van der Waals surface area (Å²) in [6.07, 6.45) is 0.722. The van der Waals surface area contributed by atoms with Crippen molar-refractivity contribution in [1.82, 2.24) is 5.32 Å². The molecule has 1 fully saturated rings. The van der Waals surface area contributed by atoms with Crippen LogP contribution < -0.4 is 5.32 Å². The zero-order chi connectivity index (χ0) is 11.1. The van der Waals surface area contributed by atoms with Crippen molar-refractivity contribution in [3.05, 3.63) is 0 Å². The molecule has 0 aromatic rings. The SMILES string of the molecule is CCOC(=O)CCCNC1COCC1O. The zero-order valence-corrected chi connectivity index (χ0v) is 9.07. The van der Waals surface area contributed by atoms with Crippen molar-refractivity contribution >= 4 is 5.97 Å². The number of nitrogens with one attached hydrogen (secondary N) is 1. The normalized spacial score (nSPS) is 25.5. The molecular weight excluding hydrogens is 198 g/mol. The Morgan fingerprint density at radius 2 is 2.40 bits per heavy atom. The average Bonchev–Trinajstić information content (AvgIpc) is 2.60. The Labute approximate surface area is 89.8 Å². The Hall–Kier alpha value is -0.650. The van der Waals surface area contributed by atoms with Crippen LogP contribution in [0.15, 0.2) is 0 Å². The predicted octanol–water partition coefficient (Wildman–Crippen LogP) is -0.321. The number of hydrogen-bond acceptors (Lipinski definition) is 5. The molecule has 1 heterocycles. The summed E-state index contributed by atoms with van der Waals surface area (Å²) in [5, 5.41) is 12.5. The highest BCUT2D eigenvalue weighted by atomic mass is 16.5. The number of ether oxygens (including phenoxy) is 2. The first-order valence-electron chi connectivity index (χ1n) is 5.39. The van der Waals surface area contributed by atoms with Crippen molar-refractivity contribution in [2.75, 3.05) is 26.4 Å². The number of hydrogen-bond donors (Lipinski definition) is 2. The van der Waals surface area contributed by atoms with E-state index in [1.54, 1.807) is 6.92 Å². The van der Waals surface area contributed by atoms with Crippen LogP contribution in [0.3, 0.4) is 0 Å². The van der Waals surface area contributed by atoms with E-state index in [0.29, 0.717) is 32.8 Å². The summed E-state index contributed by atoms with van der Waals surface area (Å²) >= 11 is 0. The fourth-order valence-electron chi connectivity index (χ4n) is 1.49. The second-order valence-corrected chi connectivity index (χ2v) is 3.57. The topological polar surface area (TPSA) is 67.8 Å². The minimum absolute atomic E-state index is 0.00666. The second-order valence-electron chi connectivity index (χ2n) is 3.57. The fourth-order valence-corrected chi connectivity index (χ4v) is 1.49. The number of carbonyl (C=O) groups is 1. The number of carbonyl (C=O) groups excluding carboxylic acids is 1. The van der Waals surface area contributed by atoms with Crippen LogP contribution in [-0.4, -0.2) is 49.6 Å². The molecule has 0 aromatic carbocycles. The maximum atomic E-state index is 11.0. The van der Waals surface area contributed by atoms with Gasteiger partial charge in [0.15, 0.2) is 0 Å². The number of aliphatic hydroxyl groups is 1. The van der Waals surface area contributed by atoms with E-state index in [1.807, 2.05) is 0 Å². The molecule has 0 saturated carbocycles. The van der Waals surface area contributed by atoms with Crippen LogP contribution in [0.1, 0.15) is 19.8 Å². The molecule has 1 rings (SSSR count). The monoisotopic (exact) mass is 217 g/mol. The molecule has 0 aliphatic carbocycles. The molecule has 0 aromatic heterocycles. The van der Waals surface area contributed by atoms with Gasteiger partial charge in [-0.1, -0.05) is 0 Å². The maximum Gasteiger partial charge on any atom is 0.305 e. The molecule has 15 heavy (non-hydrogen) atoms. The molecule has 2 N–H and O–H groups in total. The van der Waals surface area contributed by atoms with Crippen LogP contribution in [-0.2, 0) is 14.3 Å². The summed E-state index contributed by atoms with van der Waals surface area (Å²) in [5.74, 6) is -0.164. The molecule has 2 unspecified atom stereocenters. The molecule has 0 spiro atoms. The van der Waals surface area contributed by atoms with Crippen molar-refractivity contribution in [2.45, 2.75) is 31.9 Å². The Kier molecular flexibility index (Phi) is 5.60. The van der Waals surface area contributed by atoms with Crippen LogP contribution in [0.25, 0.3) is 0 Å². The molecule has 0 amide bonds. The van der Waals surface area contributed by atoms with Crippen molar-refractivity contribution in [1.29, 1.82) is 0 Å². The molecule has 5 heteroatoms. The summed E-state index contributed by atoms with van der Waals surface area (Å²) in [6.45, 7) is 3.86. The average molecular weight is 217 g/mol. The lowest BCUT2D eigenvalue weighted by Crippen LogP contribution is -2.39. The summed E-state index contributed by atoms with van der Waals surface area (Å²) in [7, 11) is 0. The third-order valence-corrected chi connectivity index (χ3v) is 2.32. The third kappa shape index (κ3) is 4.59. The summed E-state index contributed by atoms with van der Waals surface area (Å²) in [5.41, 5.74) is 0. The Balaban J connectivity index is 1.99. The van der Waals surface area contributed by atoms with E-state index in [-0.39, 0.29) is 12.0 Å². The molecular formula is C10H19NO4. The lowest BCUT2D eigenvalue weighted by atomic mass is 10.2. The van der Waals surface area contributed by atoms with E-state index in [0.717, 1.165) is 6.42 Å². The molecule has 5 nitrogen and oxygen atoms in total. The Morgan fingerprint density at radius 3 is 3.00 bits per heavy atom.